The van der Waals surface area contributed by atoms with Crippen molar-refractivity contribution in [2.75, 3.05) is 5.75 Å². The number of H-pyrrole nitrogens is 3. The third-order valence-electron chi connectivity index (χ3n) is 4.82. The summed E-state index contributed by atoms with van der Waals surface area (Å²) < 4.78 is 0. The number of benzene rings is 2. The molecule has 4 N–H and O–H groups in total. The zero-order valence-corrected chi connectivity index (χ0v) is 20.9. The molecule has 0 bridgehead atoms. The highest BCUT2D eigenvalue weighted by atomic mass is 32.2. The van der Waals surface area contributed by atoms with Crippen LogP contribution in [0.5, 0.6) is 0 Å². The molecule has 0 saturated carbocycles. The molecule has 0 aliphatic heterocycles. The Kier molecular flexibility index (Phi) is 7.32. The van der Waals surface area contributed by atoms with Crippen LogP contribution in [0.3, 0.4) is 0 Å². The molecule has 0 saturated heterocycles. The van der Waals surface area contributed by atoms with Crippen LogP contribution in [0.4, 0.5) is 0 Å². The summed E-state index contributed by atoms with van der Waals surface area (Å²) in [6.07, 6.45) is 0. The van der Waals surface area contributed by atoms with Crippen molar-refractivity contribution in [2.24, 2.45) is 0 Å². The van der Waals surface area contributed by atoms with Crippen molar-refractivity contribution < 1.29 is 14.7 Å². The van der Waals surface area contributed by atoms with Crippen LogP contribution in [-0.2, 0) is 10.5 Å². The van der Waals surface area contributed by atoms with E-state index in [9.17, 15) is 14.4 Å². The number of aromatic amines is 3. The molecular weight excluding hydrogens is 532 g/mol. The number of nitrogens with one attached hydrogen (secondary N) is 3. The number of carbonyl (C=O) groups is 1. The van der Waals surface area contributed by atoms with Gasteiger partial charge in [-0.1, -0.05) is 66.0 Å². The van der Waals surface area contributed by atoms with Crippen molar-refractivity contribution in [1.29, 1.82) is 0 Å². The molecule has 0 atom stereocenters. The number of aromatic nitrogens is 10. The van der Waals surface area contributed by atoms with Crippen LogP contribution in [0.25, 0.3) is 28.5 Å². The molecule has 0 aliphatic carbocycles. The summed E-state index contributed by atoms with van der Waals surface area (Å²) in [6, 6.07) is 16.2. The summed E-state index contributed by atoms with van der Waals surface area (Å²) in [5.41, 5.74) is 0.781. The first-order valence-electron chi connectivity index (χ1n) is 10.9. The molecule has 5 aromatic rings. The number of hydrogen-bond acceptors (Lipinski definition) is 11. The van der Waals surface area contributed by atoms with Gasteiger partial charge in [-0.05, 0) is 21.2 Å². The van der Waals surface area contributed by atoms with Crippen LogP contribution in [0.1, 0.15) is 5.82 Å². The van der Waals surface area contributed by atoms with E-state index in [1.165, 1.54) is 16.6 Å². The summed E-state index contributed by atoms with van der Waals surface area (Å²) in [7, 11) is 0. The quantitative estimate of drug-likeness (QED) is 0.149. The molecule has 2 aromatic carbocycles. The molecule has 0 spiro atoms. The Morgan fingerprint density at radius 1 is 0.842 bits per heavy atom. The average Bonchev–Trinajstić information content (AvgIpc) is 3.40. The molecule has 0 amide bonds. The Balaban J connectivity index is 1.32. The van der Waals surface area contributed by atoms with E-state index in [1.807, 2.05) is 30.3 Å². The van der Waals surface area contributed by atoms with E-state index in [0.29, 0.717) is 28.7 Å². The van der Waals surface area contributed by atoms with Gasteiger partial charge in [0.25, 0.3) is 0 Å². The lowest BCUT2D eigenvalue weighted by atomic mass is 10.2. The van der Waals surface area contributed by atoms with Crippen LogP contribution in [0.2, 0.25) is 0 Å². The van der Waals surface area contributed by atoms with E-state index < -0.39 is 17.3 Å². The van der Waals surface area contributed by atoms with Gasteiger partial charge in [-0.15, -0.1) is 0 Å². The van der Waals surface area contributed by atoms with E-state index in [4.69, 9.17) is 5.11 Å². The zero-order valence-electron chi connectivity index (χ0n) is 19.2. The maximum absolute atomic E-state index is 12.0. The summed E-state index contributed by atoms with van der Waals surface area (Å²) in [5, 5.41) is 20.6. The Morgan fingerprint density at radius 2 is 1.50 bits per heavy atom. The third-order valence-corrected chi connectivity index (χ3v) is 6.49. The molecule has 16 heteroatoms. The second-order valence-electron chi connectivity index (χ2n) is 7.50. The van der Waals surface area contributed by atoms with Crippen molar-refractivity contribution in [2.45, 2.75) is 16.1 Å². The van der Waals surface area contributed by atoms with Crippen molar-refractivity contribution in [3.63, 3.8) is 0 Å². The van der Waals surface area contributed by atoms with Crippen molar-refractivity contribution >= 4 is 29.5 Å². The summed E-state index contributed by atoms with van der Waals surface area (Å²) >= 11 is 2.06. The van der Waals surface area contributed by atoms with Crippen LogP contribution < -0.4 is 16.2 Å². The lowest BCUT2D eigenvalue weighted by molar-refractivity contribution is -0.717. The van der Waals surface area contributed by atoms with Crippen molar-refractivity contribution in [3.05, 3.63) is 81.4 Å². The number of thioether (sulfide) groups is 2. The van der Waals surface area contributed by atoms with Gasteiger partial charge in [0.15, 0.2) is 16.0 Å². The fourth-order valence-electron chi connectivity index (χ4n) is 3.21. The Hall–Kier alpha value is -4.70. The van der Waals surface area contributed by atoms with Crippen molar-refractivity contribution in [1.82, 2.24) is 45.3 Å². The largest absolute Gasteiger partial charge is 0.481 e. The molecule has 3 aromatic heterocycles. The van der Waals surface area contributed by atoms with E-state index in [0.717, 1.165) is 17.3 Å². The van der Waals surface area contributed by atoms with E-state index in [2.05, 4.69) is 45.3 Å². The molecule has 0 radical (unpaired) electrons. The van der Waals surface area contributed by atoms with E-state index >= 15 is 0 Å². The van der Waals surface area contributed by atoms with Gasteiger partial charge in [-0.25, -0.2) is 19.6 Å². The Morgan fingerprint density at radius 3 is 2.21 bits per heavy atom. The fourth-order valence-corrected chi connectivity index (χ4v) is 4.45. The number of tetrazole rings is 1. The smallest absolute Gasteiger partial charge is 0.349 e. The number of carboxylic acid groups (broad SMARTS) is 1. The minimum absolute atomic E-state index is 0.0561. The minimum atomic E-state index is -1.04. The highest BCUT2D eigenvalue weighted by Crippen LogP contribution is 2.20. The van der Waals surface area contributed by atoms with Gasteiger partial charge in [-0.3, -0.25) is 14.8 Å². The third kappa shape index (κ3) is 6.16. The lowest BCUT2D eigenvalue weighted by Crippen LogP contribution is -2.36. The molecular formula is C22H17N10O4S2+. The second kappa shape index (κ2) is 11.1. The van der Waals surface area contributed by atoms with Crippen LogP contribution >= 0.6 is 23.5 Å². The number of nitrogens with zero attached hydrogens (tertiary/aromatic N) is 7. The van der Waals surface area contributed by atoms with Crippen LogP contribution in [0, 0.1) is 0 Å². The SMILES string of the molecule is O=C(O)CSc1nc(-c2cccc(-[n+]3nc(CSc4nc(-c5ccccc5)[nH]c(=O)n4)n[nH]3)c2)[nH]c(=O)n1. The minimum Gasteiger partial charge on any atom is -0.481 e. The van der Waals surface area contributed by atoms with Gasteiger partial charge >= 0.3 is 23.2 Å². The Labute approximate surface area is 221 Å². The van der Waals surface area contributed by atoms with Crippen molar-refractivity contribution in [3.8, 4) is 28.5 Å². The Bertz CT molecular complexity index is 1720. The maximum Gasteiger partial charge on any atom is 0.349 e. The normalized spacial score (nSPS) is 10.9. The number of hydrogen-bond donors (Lipinski definition) is 4. The first-order valence-corrected chi connectivity index (χ1v) is 12.8. The molecule has 0 aliphatic rings. The first kappa shape index (κ1) is 25.0. The van der Waals surface area contributed by atoms with Gasteiger partial charge in [0.1, 0.15) is 11.6 Å². The predicted molar refractivity (Wildman–Crippen MR) is 136 cm³/mol. The molecule has 0 unspecified atom stereocenters. The highest BCUT2D eigenvalue weighted by molar-refractivity contribution is 7.99. The first-order chi connectivity index (χ1) is 18.4. The molecule has 14 nitrogen and oxygen atoms in total. The number of carboxylic acids is 1. The predicted octanol–water partition coefficient (Wildman–Crippen LogP) is 0.841. The highest BCUT2D eigenvalue weighted by Gasteiger charge is 2.17. The summed E-state index contributed by atoms with van der Waals surface area (Å²) in [4.78, 5) is 57.7. The molecule has 5 rings (SSSR count). The van der Waals surface area contributed by atoms with Gasteiger partial charge in [0, 0.05) is 17.2 Å². The average molecular weight is 550 g/mol. The zero-order chi connectivity index (χ0) is 26.5. The van der Waals surface area contributed by atoms with E-state index in [1.54, 1.807) is 24.3 Å². The number of rotatable bonds is 9. The monoisotopic (exact) mass is 549 g/mol. The maximum atomic E-state index is 12.0. The molecule has 0 fully saturated rings. The topological polar surface area (TPSA) is 200 Å². The fraction of sp³-hybridized carbons (Fsp3) is 0.0909. The lowest BCUT2D eigenvalue weighted by Gasteiger charge is -2.03. The van der Waals surface area contributed by atoms with Gasteiger partial charge in [-0.2, -0.15) is 9.97 Å². The summed E-state index contributed by atoms with van der Waals surface area (Å²) in [6.45, 7) is 0. The molecule has 3 heterocycles. The van der Waals surface area contributed by atoms with Gasteiger partial charge < -0.3 is 5.11 Å². The van der Waals surface area contributed by atoms with Gasteiger partial charge in [0.05, 0.1) is 16.6 Å². The molecule has 38 heavy (non-hydrogen) atoms. The van der Waals surface area contributed by atoms with Crippen LogP contribution in [0.15, 0.2) is 74.5 Å². The molecule has 190 valence electrons. The second-order valence-corrected chi connectivity index (χ2v) is 9.38. The van der Waals surface area contributed by atoms with Gasteiger partial charge in [0.2, 0.25) is 0 Å². The van der Waals surface area contributed by atoms with Crippen LogP contribution in [-0.4, -0.2) is 62.1 Å². The summed E-state index contributed by atoms with van der Waals surface area (Å²) in [5.74, 6) is 0.0741. The number of aliphatic carboxylic acids is 1. The standard InChI is InChI=1S/C22H16N10O4S2/c33-16(34)11-38-22-26-18(24-20(36)28-22)13-7-4-8-14(9-13)32-30-15(29-31-32)10-37-21-25-17(23-19(35)27-21)12-5-2-1-3-6-12/h1-9H,10-11H2,(H3,23,24,25,26,27,28,33,34,35,36)/p+1. The van der Waals surface area contributed by atoms with E-state index in [-0.39, 0.29) is 21.9 Å².